The maximum Gasteiger partial charge on any atom is 0.250 e. The molecule has 0 saturated carbocycles. The van der Waals surface area contributed by atoms with Gasteiger partial charge in [0.1, 0.15) is 6.61 Å². The lowest BCUT2D eigenvalue weighted by molar-refractivity contribution is 0.122. The van der Waals surface area contributed by atoms with Crippen molar-refractivity contribution < 1.29 is 14.2 Å². The Bertz CT molecular complexity index is 1280. The summed E-state index contributed by atoms with van der Waals surface area (Å²) in [6, 6.07) is 11.0. The van der Waals surface area contributed by atoms with E-state index in [-0.39, 0.29) is 6.61 Å². The second kappa shape index (κ2) is 13.8. The normalized spacial score (nSPS) is 15.9. The van der Waals surface area contributed by atoms with Crippen LogP contribution in [-0.4, -0.2) is 67.2 Å². The maximum atomic E-state index is 6.29. The Hall–Kier alpha value is -3.34. The van der Waals surface area contributed by atoms with Crippen molar-refractivity contribution in [1.82, 2.24) is 15.0 Å². The van der Waals surface area contributed by atoms with Crippen molar-refractivity contribution in [3.05, 3.63) is 57.6 Å². The molecule has 212 valence electrons. The number of morpholine rings is 1. The van der Waals surface area contributed by atoms with Crippen LogP contribution in [0.2, 0.25) is 10.0 Å². The monoisotopic (exact) mass is 585 g/mol. The number of ether oxygens (including phenoxy) is 3. The van der Waals surface area contributed by atoms with E-state index in [2.05, 4.69) is 30.3 Å². The molecule has 0 unspecified atom stereocenters. The van der Waals surface area contributed by atoms with Gasteiger partial charge in [-0.15, -0.1) is 0 Å². The van der Waals surface area contributed by atoms with Gasteiger partial charge in [0, 0.05) is 41.8 Å². The molecule has 5 rings (SSSR count). The molecular weight excluding hydrogens is 553 g/mol. The molecule has 1 N–H and O–H groups in total. The molecule has 0 amide bonds. The Labute approximate surface area is 244 Å². The van der Waals surface area contributed by atoms with Crippen LogP contribution in [0.3, 0.4) is 0 Å². The van der Waals surface area contributed by atoms with E-state index < -0.39 is 0 Å². The smallest absolute Gasteiger partial charge is 0.250 e. The van der Waals surface area contributed by atoms with Crippen LogP contribution >= 0.6 is 23.2 Å². The third-order valence-electron chi connectivity index (χ3n) is 6.59. The topological polar surface area (TPSA) is 97.2 Å². The molecular formula is C28H33Cl2N7O3. The fourth-order valence-electron chi connectivity index (χ4n) is 4.50. The predicted molar refractivity (Wildman–Crippen MR) is 159 cm³/mol. The number of hydrogen-bond donors (Lipinski definition) is 1. The molecule has 2 saturated heterocycles. The molecule has 3 heterocycles. The Balaban J connectivity index is 1.30. The molecule has 2 aromatic carbocycles. The van der Waals surface area contributed by atoms with Crippen molar-refractivity contribution in [2.75, 3.05) is 61.2 Å². The summed E-state index contributed by atoms with van der Waals surface area (Å²) in [6.45, 7) is 7.37. The minimum absolute atomic E-state index is 0.287. The first kappa shape index (κ1) is 28.2. The number of piperidine rings is 1. The molecule has 0 aliphatic carbocycles. The highest BCUT2D eigenvalue weighted by atomic mass is 35.5. The van der Waals surface area contributed by atoms with E-state index in [1.54, 1.807) is 18.3 Å². The highest BCUT2D eigenvalue weighted by molar-refractivity contribution is 6.35. The summed E-state index contributed by atoms with van der Waals surface area (Å²) in [6.07, 6.45) is 5.19. The molecule has 10 nitrogen and oxygen atoms in total. The first-order valence-corrected chi connectivity index (χ1v) is 14.3. The number of nitrogens with one attached hydrogen (secondary N) is 1. The second-order valence-electron chi connectivity index (χ2n) is 9.44. The molecule has 1 aromatic heterocycles. The maximum absolute atomic E-state index is 6.29. The van der Waals surface area contributed by atoms with Gasteiger partial charge in [-0.3, -0.25) is 0 Å². The van der Waals surface area contributed by atoms with Crippen LogP contribution in [-0.2, 0) is 11.3 Å². The summed E-state index contributed by atoms with van der Waals surface area (Å²) in [5.74, 6) is 2.93. The minimum atomic E-state index is 0.287. The Kier molecular flexibility index (Phi) is 9.75. The van der Waals surface area contributed by atoms with Crippen LogP contribution in [0.5, 0.6) is 11.5 Å². The quantitative estimate of drug-likeness (QED) is 0.246. The number of nitrogens with zero attached hydrogens (tertiary/aromatic N) is 6. The second-order valence-corrected chi connectivity index (χ2v) is 10.3. The Morgan fingerprint density at radius 3 is 2.38 bits per heavy atom. The van der Waals surface area contributed by atoms with Gasteiger partial charge in [-0.05, 0) is 62.1 Å². The SMILES string of the molecule is CCOc1cc(/C=N\Nc2nc(N3CCCCC3)nc(N3CCOCC3)n2)ccc1OCc1ccc(Cl)cc1Cl. The highest BCUT2D eigenvalue weighted by Crippen LogP contribution is 2.30. The van der Waals surface area contributed by atoms with Crippen LogP contribution in [0, 0.1) is 0 Å². The molecule has 2 aliphatic rings. The average Bonchev–Trinajstić information content (AvgIpc) is 2.98. The molecule has 2 fully saturated rings. The summed E-state index contributed by atoms with van der Waals surface area (Å²) >= 11 is 12.3. The molecule has 12 heteroatoms. The molecule has 0 bridgehead atoms. The molecule has 0 spiro atoms. The van der Waals surface area contributed by atoms with Gasteiger partial charge in [0.25, 0.3) is 0 Å². The van der Waals surface area contributed by atoms with Gasteiger partial charge in [0.15, 0.2) is 11.5 Å². The van der Waals surface area contributed by atoms with Gasteiger partial charge in [-0.25, -0.2) is 5.43 Å². The van der Waals surface area contributed by atoms with E-state index in [1.165, 1.54) is 6.42 Å². The van der Waals surface area contributed by atoms with E-state index in [1.807, 2.05) is 31.2 Å². The van der Waals surface area contributed by atoms with Crippen molar-refractivity contribution in [2.45, 2.75) is 32.8 Å². The summed E-state index contributed by atoms with van der Waals surface area (Å²) in [4.78, 5) is 18.4. The van der Waals surface area contributed by atoms with Gasteiger partial charge >= 0.3 is 0 Å². The number of halogens is 2. The largest absolute Gasteiger partial charge is 0.490 e. The first-order chi connectivity index (χ1) is 19.6. The minimum Gasteiger partial charge on any atom is -0.490 e. The zero-order chi connectivity index (χ0) is 27.7. The van der Waals surface area contributed by atoms with E-state index in [0.717, 1.165) is 50.1 Å². The van der Waals surface area contributed by atoms with Crippen molar-refractivity contribution in [3.8, 4) is 11.5 Å². The lowest BCUT2D eigenvalue weighted by Gasteiger charge is -2.30. The molecule has 0 atom stereocenters. The summed E-state index contributed by atoms with van der Waals surface area (Å²) in [5, 5.41) is 5.55. The van der Waals surface area contributed by atoms with Crippen LogP contribution < -0.4 is 24.7 Å². The van der Waals surface area contributed by atoms with Crippen LogP contribution in [0.25, 0.3) is 0 Å². The average molecular weight is 587 g/mol. The Morgan fingerprint density at radius 2 is 1.65 bits per heavy atom. The van der Waals surface area contributed by atoms with Crippen molar-refractivity contribution >= 4 is 47.3 Å². The first-order valence-electron chi connectivity index (χ1n) is 13.6. The van der Waals surface area contributed by atoms with Crippen LogP contribution in [0.4, 0.5) is 17.8 Å². The molecule has 2 aliphatic heterocycles. The molecule has 40 heavy (non-hydrogen) atoms. The standard InChI is InChI=1S/C28H33Cl2N7O3/c1-2-39-25-16-20(6-9-24(25)40-19-21-7-8-22(29)17-23(21)30)18-31-35-26-32-27(36-10-4-3-5-11-36)34-28(33-26)37-12-14-38-15-13-37/h6-9,16-18H,2-5,10-15,19H2,1H3,(H,32,33,34,35)/b31-18-. The lowest BCUT2D eigenvalue weighted by Crippen LogP contribution is -2.38. The fourth-order valence-corrected chi connectivity index (χ4v) is 4.96. The molecule has 0 radical (unpaired) electrons. The summed E-state index contributed by atoms with van der Waals surface area (Å²) < 4.78 is 17.3. The zero-order valence-corrected chi connectivity index (χ0v) is 24.0. The number of aromatic nitrogens is 3. The number of hydrogen-bond acceptors (Lipinski definition) is 10. The number of rotatable bonds is 10. The zero-order valence-electron chi connectivity index (χ0n) is 22.5. The molecule has 3 aromatic rings. The van der Waals surface area contributed by atoms with Crippen molar-refractivity contribution in [1.29, 1.82) is 0 Å². The number of hydrazone groups is 1. The van der Waals surface area contributed by atoms with E-state index in [4.69, 9.17) is 42.4 Å². The lowest BCUT2D eigenvalue weighted by atomic mass is 10.1. The van der Waals surface area contributed by atoms with Crippen LogP contribution in [0.1, 0.15) is 37.3 Å². The third-order valence-corrected chi connectivity index (χ3v) is 7.18. The van der Waals surface area contributed by atoms with Gasteiger partial charge in [-0.1, -0.05) is 29.3 Å². The highest BCUT2D eigenvalue weighted by Gasteiger charge is 2.20. The van der Waals surface area contributed by atoms with Gasteiger partial charge in [-0.2, -0.15) is 20.1 Å². The van der Waals surface area contributed by atoms with Crippen LogP contribution in [0.15, 0.2) is 41.5 Å². The third kappa shape index (κ3) is 7.44. The Morgan fingerprint density at radius 1 is 0.900 bits per heavy atom. The van der Waals surface area contributed by atoms with E-state index >= 15 is 0 Å². The van der Waals surface area contributed by atoms with Crippen molar-refractivity contribution in [2.24, 2.45) is 5.10 Å². The van der Waals surface area contributed by atoms with Crippen molar-refractivity contribution in [3.63, 3.8) is 0 Å². The van der Waals surface area contributed by atoms with Gasteiger partial charge < -0.3 is 24.0 Å². The summed E-state index contributed by atoms with van der Waals surface area (Å²) in [7, 11) is 0. The fraction of sp³-hybridized carbons (Fsp3) is 0.429. The van der Waals surface area contributed by atoms with E-state index in [0.29, 0.717) is 59.2 Å². The van der Waals surface area contributed by atoms with E-state index in [9.17, 15) is 0 Å². The number of anilines is 3. The number of benzene rings is 2. The summed E-state index contributed by atoms with van der Waals surface area (Å²) in [5.41, 5.74) is 4.66. The van der Waals surface area contributed by atoms with Gasteiger partial charge in [0.05, 0.1) is 26.0 Å². The predicted octanol–water partition coefficient (Wildman–Crippen LogP) is 5.43. The van der Waals surface area contributed by atoms with Gasteiger partial charge in [0.2, 0.25) is 17.8 Å².